The minimum Gasteiger partial charge on any atom is -0.342 e. The first-order valence-electron chi connectivity index (χ1n) is 8.72. The van der Waals surface area contributed by atoms with Gasteiger partial charge < -0.3 is 9.80 Å². The zero-order chi connectivity index (χ0) is 15.8. The van der Waals surface area contributed by atoms with Gasteiger partial charge in [-0.25, -0.2) is 14.4 Å². The van der Waals surface area contributed by atoms with Gasteiger partial charge in [-0.05, 0) is 37.5 Å². The van der Waals surface area contributed by atoms with E-state index >= 15 is 0 Å². The lowest BCUT2D eigenvalue weighted by Crippen LogP contribution is -2.42. The molecule has 0 radical (unpaired) electrons. The number of anilines is 1. The Kier molecular flexibility index (Phi) is 3.91. The van der Waals surface area contributed by atoms with Crippen molar-refractivity contribution in [3.8, 4) is 0 Å². The molecule has 2 saturated heterocycles. The van der Waals surface area contributed by atoms with Gasteiger partial charge in [0.1, 0.15) is 0 Å². The number of piperidine rings is 1. The maximum atomic E-state index is 12.9. The number of likely N-dealkylation sites (tertiary alicyclic amines) is 1. The summed E-state index contributed by atoms with van der Waals surface area (Å²) >= 11 is 0. The lowest BCUT2D eigenvalue weighted by molar-refractivity contribution is -0.135. The predicted octanol–water partition coefficient (Wildman–Crippen LogP) is 2.09. The van der Waals surface area contributed by atoms with Gasteiger partial charge in [0.2, 0.25) is 11.9 Å². The highest BCUT2D eigenvalue weighted by atomic mass is 19.1. The molecule has 6 heteroatoms. The highest BCUT2D eigenvalue weighted by Gasteiger charge is 2.40. The van der Waals surface area contributed by atoms with Crippen LogP contribution in [0.5, 0.6) is 0 Å². The number of aromatic nitrogens is 2. The smallest absolute Gasteiger partial charge is 0.225 e. The van der Waals surface area contributed by atoms with Crippen molar-refractivity contribution in [3.05, 3.63) is 18.2 Å². The number of amides is 1. The van der Waals surface area contributed by atoms with Crippen molar-refractivity contribution in [2.24, 2.45) is 17.8 Å². The zero-order valence-electron chi connectivity index (χ0n) is 13.3. The fourth-order valence-corrected chi connectivity index (χ4v) is 4.47. The van der Waals surface area contributed by atoms with Crippen molar-refractivity contribution in [1.82, 2.24) is 14.9 Å². The van der Waals surface area contributed by atoms with Gasteiger partial charge in [0.25, 0.3) is 0 Å². The molecular weight excluding hydrogens is 295 g/mol. The van der Waals surface area contributed by atoms with E-state index in [-0.39, 0.29) is 5.92 Å². The number of hydrogen-bond acceptors (Lipinski definition) is 4. The third-order valence-corrected chi connectivity index (χ3v) is 5.77. The summed E-state index contributed by atoms with van der Waals surface area (Å²) in [6.07, 6.45) is 8.01. The van der Waals surface area contributed by atoms with E-state index in [4.69, 9.17) is 0 Å². The summed E-state index contributed by atoms with van der Waals surface area (Å²) in [5, 5.41) is 0. The van der Waals surface area contributed by atoms with Crippen molar-refractivity contribution in [1.29, 1.82) is 0 Å². The first-order chi connectivity index (χ1) is 11.2. The highest BCUT2D eigenvalue weighted by Crippen LogP contribution is 2.38. The second kappa shape index (κ2) is 6.06. The zero-order valence-corrected chi connectivity index (χ0v) is 13.3. The lowest BCUT2D eigenvalue weighted by Gasteiger charge is -2.33. The third-order valence-electron chi connectivity index (χ3n) is 5.77. The molecule has 1 amide bonds. The van der Waals surface area contributed by atoms with E-state index in [0.717, 1.165) is 50.9 Å². The third kappa shape index (κ3) is 2.91. The maximum Gasteiger partial charge on any atom is 0.225 e. The van der Waals surface area contributed by atoms with Crippen LogP contribution < -0.4 is 4.90 Å². The van der Waals surface area contributed by atoms with Gasteiger partial charge in [-0.2, -0.15) is 0 Å². The van der Waals surface area contributed by atoms with Crippen LogP contribution in [0.25, 0.3) is 0 Å². The van der Waals surface area contributed by atoms with Gasteiger partial charge in [-0.15, -0.1) is 0 Å². The second-order valence-electron chi connectivity index (χ2n) is 7.16. The van der Waals surface area contributed by atoms with Crippen LogP contribution in [0.3, 0.4) is 0 Å². The van der Waals surface area contributed by atoms with Crippen LogP contribution in [0, 0.1) is 23.6 Å². The number of carbonyl (C=O) groups excluding carboxylic acids is 1. The van der Waals surface area contributed by atoms with Gasteiger partial charge in [0.15, 0.2) is 5.82 Å². The Morgan fingerprint density at radius 2 is 1.65 bits per heavy atom. The summed E-state index contributed by atoms with van der Waals surface area (Å²) in [7, 11) is 0. The molecule has 3 heterocycles. The number of nitrogens with zero attached hydrogens (tertiary/aromatic N) is 4. The fourth-order valence-electron chi connectivity index (χ4n) is 4.47. The summed E-state index contributed by atoms with van der Waals surface area (Å²) < 4.78 is 12.9. The molecular formula is C17H23FN4O. The average Bonchev–Trinajstić information content (AvgIpc) is 3.17. The molecule has 2 atom stereocenters. The fraction of sp³-hybridized carbons (Fsp3) is 0.706. The maximum absolute atomic E-state index is 12.9. The molecule has 0 spiro atoms. The molecule has 23 heavy (non-hydrogen) atoms. The molecule has 0 aromatic carbocycles. The summed E-state index contributed by atoms with van der Waals surface area (Å²) in [6.45, 7) is 3.49. The first-order valence-corrected chi connectivity index (χ1v) is 8.72. The molecule has 1 aromatic rings. The van der Waals surface area contributed by atoms with Crippen molar-refractivity contribution in [2.75, 3.05) is 31.1 Å². The molecule has 1 aromatic heterocycles. The van der Waals surface area contributed by atoms with Gasteiger partial charge in [0, 0.05) is 32.1 Å². The van der Waals surface area contributed by atoms with Gasteiger partial charge >= 0.3 is 0 Å². The average molecular weight is 318 g/mol. The molecule has 1 aliphatic carbocycles. The SMILES string of the molecule is O=C(C1CCN(c2ncc(F)cn2)CC1)N1CC2CCCC2C1. The Hall–Kier alpha value is -1.72. The molecule has 2 aliphatic heterocycles. The molecule has 0 N–H and O–H groups in total. The van der Waals surface area contributed by atoms with Gasteiger partial charge in [-0.3, -0.25) is 4.79 Å². The van der Waals surface area contributed by atoms with Crippen LogP contribution >= 0.6 is 0 Å². The van der Waals surface area contributed by atoms with E-state index in [1.165, 1.54) is 31.7 Å². The standard InChI is InChI=1S/C17H23FN4O/c18-15-8-19-17(20-9-15)21-6-4-12(5-7-21)16(23)22-10-13-2-1-3-14(13)11-22/h8-9,12-14H,1-7,10-11H2. The molecule has 2 unspecified atom stereocenters. The lowest BCUT2D eigenvalue weighted by atomic mass is 9.95. The van der Waals surface area contributed by atoms with E-state index in [1.54, 1.807) is 0 Å². The summed E-state index contributed by atoms with van der Waals surface area (Å²) in [5.41, 5.74) is 0. The number of rotatable bonds is 2. The Labute approximate surface area is 135 Å². The van der Waals surface area contributed by atoms with E-state index < -0.39 is 5.82 Å². The monoisotopic (exact) mass is 318 g/mol. The molecule has 3 fully saturated rings. The van der Waals surface area contributed by atoms with Crippen LogP contribution in [-0.2, 0) is 4.79 Å². The van der Waals surface area contributed by atoms with Crippen LogP contribution in [0.1, 0.15) is 32.1 Å². The van der Waals surface area contributed by atoms with Crippen LogP contribution in [0.2, 0.25) is 0 Å². The second-order valence-corrected chi connectivity index (χ2v) is 7.16. The summed E-state index contributed by atoms with van der Waals surface area (Å²) in [5.74, 6) is 2.13. The topological polar surface area (TPSA) is 49.3 Å². The summed E-state index contributed by atoms with van der Waals surface area (Å²) in [4.78, 5) is 25.0. The van der Waals surface area contributed by atoms with Gasteiger partial charge in [0.05, 0.1) is 12.4 Å². The van der Waals surface area contributed by atoms with Crippen LogP contribution in [0.4, 0.5) is 10.3 Å². The first kappa shape index (κ1) is 14.8. The minimum absolute atomic E-state index is 0.130. The number of hydrogen-bond donors (Lipinski definition) is 0. The molecule has 3 aliphatic rings. The Morgan fingerprint density at radius 1 is 1.04 bits per heavy atom. The van der Waals surface area contributed by atoms with E-state index in [2.05, 4.69) is 14.9 Å². The van der Waals surface area contributed by atoms with Crippen LogP contribution in [-0.4, -0.2) is 47.0 Å². The Morgan fingerprint density at radius 3 is 2.26 bits per heavy atom. The largest absolute Gasteiger partial charge is 0.342 e. The molecule has 0 bridgehead atoms. The van der Waals surface area contributed by atoms with E-state index in [0.29, 0.717) is 11.9 Å². The van der Waals surface area contributed by atoms with Crippen molar-refractivity contribution in [3.63, 3.8) is 0 Å². The Balaban J connectivity index is 1.32. The molecule has 124 valence electrons. The Bertz CT molecular complexity index is 558. The summed E-state index contributed by atoms with van der Waals surface area (Å²) in [6, 6.07) is 0. The van der Waals surface area contributed by atoms with E-state index in [1.807, 2.05) is 4.90 Å². The highest BCUT2D eigenvalue weighted by molar-refractivity contribution is 5.79. The molecule has 4 rings (SSSR count). The molecule has 5 nitrogen and oxygen atoms in total. The van der Waals surface area contributed by atoms with E-state index in [9.17, 15) is 9.18 Å². The van der Waals surface area contributed by atoms with Gasteiger partial charge in [-0.1, -0.05) is 6.42 Å². The number of halogens is 1. The van der Waals surface area contributed by atoms with Crippen molar-refractivity contribution in [2.45, 2.75) is 32.1 Å². The quantitative estimate of drug-likeness (QED) is 0.838. The minimum atomic E-state index is -0.418. The number of carbonyl (C=O) groups is 1. The molecule has 1 saturated carbocycles. The van der Waals surface area contributed by atoms with Crippen molar-refractivity contribution < 1.29 is 9.18 Å². The van der Waals surface area contributed by atoms with Crippen molar-refractivity contribution >= 4 is 11.9 Å². The normalized spacial score (nSPS) is 28.2. The predicted molar refractivity (Wildman–Crippen MR) is 84.3 cm³/mol. The number of fused-ring (bicyclic) bond motifs is 1. The van der Waals surface area contributed by atoms with Crippen LogP contribution in [0.15, 0.2) is 12.4 Å².